The number of rotatable bonds is 5. The van der Waals surface area contributed by atoms with Gasteiger partial charge in [-0.1, -0.05) is 5.16 Å². The molecule has 6 nitrogen and oxygen atoms in total. The van der Waals surface area contributed by atoms with E-state index in [1.165, 1.54) is 0 Å². The molecule has 0 bridgehead atoms. The summed E-state index contributed by atoms with van der Waals surface area (Å²) < 4.78 is 57.4. The molecule has 0 saturated heterocycles. The fraction of sp³-hybridized carbons (Fsp3) is 0.273. The van der Waals surface area contributed by atoms with Crippen molar-refractivity contribution < 1.29 is 21.7 Å². The van der Waals surface area contributed by atoms with Crippen LogP contribution in [-0.4, -0.2) is 25.1 Å². The lowest BCUT2D eigenvalue weighted by Crippen LogP contribution is -2.27. The minimum Gasteiger partial charge on any atom is -0.339 e. The van der Waals surface area contributed by atoms with Crippen LogP contribution in [0.4, 0.5) is 8.78 Å². The van der Waals surface area contributed by atoms with Crippen LogP contribution in [0.1, 0.15) is 11.7 Å². The highest BCUT2D eigenvalue weighted by atomic mass is 79.9. The second-order valence-electron chi connectivity index (χ2n) is 4.08. The van der Waals surface area contributed by atoms with Crippen LogP contribution in [0.2, 0.25) is 0 Å². The van der Waals surface area contributed by atoms with E-state index in [2.05, 4.69) is 30.8 Å². The summed E-state index contributed by atoms with van der Waals surface area (Å²) in [4.78, 5) is 3.26. The highest BCUT2D eigenvalue weighted by molar-refractivity contribution is 9.10. The molecule has 0 saturated carbocycles. The summed E-state index contributed by atoms with van der Waals surface area (Å²) in [5, 5.41) is 3.56. The summed E-state index contributed by atoms with van der Waals surface area (Å²) in [7, 11) is -4.13. The van der Waals surface area contributed by atoms with E-state index in [1.54, 1.807) is 6.92 Å². The third-order valence-corrected chi connectivity index (χ3v) is 4.86. The van der Waals surface area contributed by atoms with E-state index in [1.807, 2.05) is 0 Å². The summed E-state index contributed by atoms with van der Waals surface area (Å²) in [6.07, 6.45) is 0.153. The first-order valence-corrected chi connectivity index (χ1v) is 8.00. The van der Waals surface area contributed by atoms with Crippen LogP contribution in [0.15, 0.2) is 26.0 Å². The van der Waals surface area contributed by atoms with Crippen LogP contribution >= 0.6 is 15.9 Å². The molecule has 1 heterocycles. The molecular formula is C11H10BrF2N3O3S. The van der Waals surface area contributed by atoms with Gasteiger partial charge in [0.2, 0.25) is 15.9 Å². The lowest BCUT2D eigenvalue weighted by Gasteiger charge is -2.08. The minimum atomic E-state index is -4.13. The fourth-order valence-corrected chi connectivity index (χ4v) is 3.79. The van der Waals surface area contributed by atoms with Gasteiger partial charge in [0.15, 0.2) is 5.82 Å². The molecule has 10 heteroatoms. The van der Waals surface area contributed by atoms with Crippen LogP contribution in [0.3, 0.4) is 0 Å². The van der Waals surface area contributed by atoms with Crippen molar-refractivity contribution in [2.45, 2.75) is 18.2 Å². The zero-order valence-electron chi connectivity index (χ0n) is 10.7. The van der Waals surface area contributed by atoms with Crippen molar-refractivity contribution in [3.8, 4) is 0 Å². The SMILES string of the molecule is Cc1noc(CCNS(=O)(=O)c2c(F)cc(F)cc2Br)n1. The van der Waals surface area contributed by atoms with E-state index in [4.69, 9.17) is 4.52 Å². The van der Waals surface area contributed by atoms with Crippen molar-refractivity contribution in [2.75, 3.05) is 6.54 Å². The molecule has 0 aliphatic rings. The number of nitrogens with one attached hydrogen (secondary N) is 1. The summed E-state index contributed by atoms with van der Waals surface area (Å²) >= 11 is 2.83. The molecule has 114 valence electrons. The number of halogens is 3. The van der Waals surface area contributed by atoms with E-state index in [0.29, 0.717) is 11.9 Å². The van der Waals surface area contributed by atoms with Crippen molar-refractivity contribution in [3.05, 3.63) is 40.0 Å². The standard InChI is InChI=1S/C11H10BrF2N3O3S/c1-6-16-10(20-17-6)2-3-15-21(18,19)11-8(12)4-7(13)5-9(11)14/h4-5,15H,2-3H2,1H3. The summed E-state index contributed by atoms with van der Waals surface area (Å²) in [6.45, 7) is 1.56. The van der Waals surface area contributed by atoms with Crippen LogP contribution in [0, 0.1) is 18.6 Å². The van der Waals surface area contributed by atoms with Gasteiger partial charge in [0, 0.05) is 23.5 Å². The Kier molecular flexibility index (Phi) is 4.69. The molecule has 0 amide bonds. The zero-order chi connectivity index (χ0) is 15.6. The van der Waals surface area contributed by atoms with E-state index in [9.17, 15) is 17.2 Å². The van der Waals surface area contributed by atoms with Gasteiger partial charge in [-0.3, -0.25) is 0 Å². The Morgan fingerprint density at radius 3 is 2.67 bits per heavy atom. The Morgan fingerprint density at radius 1 is 1.38 bits per heavy atom. The molecule has 1 aromatic heterocycles. The van der Waals surface area contributed by atoms with Gasteiger partial charge in [-0.05, 0) is 28.9 Å². The Labute approximate surface area is 127 Å². The molecule has 1 aromatic carbocycles. The lowest BCUT2D eigenvalue weighted by atomic mass is 10.3. The van der Waals surface area contributed by atoms with Crippen molar-refractivity contribution in [3.63, 3.8) is 0 Å². The quantitative estimate of drug-likeness (QED) is 0.855. The number of hydrogen-bond donors (Lipinski definition) is 1. The summed E-state index contributed by atoms with van der Waals surface area (Å²) in [5.41, 5.74) is 0. The fourth-order valence-electron chi connectivity index (χ4n) is 1.59. The Hall–Kier alpha value is -1.39. The van der Waals surface area contributed by atoms with E-state index < -0.39 is 26.6 Å². The molecule has 0 fully saturated rings. The highest BCUT2D eigenvalue weighted by Gasteiger charge is 2.23. The lowest BCUT2D eigenvalue weighted by molar-refractivity contribution is 0.375. The van der Waals surface area contributed by atoms with Gasteiger partial charge in [0.25, 0.3) is 0 Å². The Bertz CT molecular complexity index is 741. The molecular weight excluding hydrogens is 372 g/mol. The number of hydrogen-bond acceptors (Lipinski definition) is 5. The second kappa shape index (κ2) is 6.16. The molecule has 0 radical (unpaired) electrons. The van der Waals surface area contributed by atoms with Crippen molar-refractivity contribution in [2.24, 2.45) is 0 Å². The van der Waals surface area contributed by atoms with Crippen LogP contribution in [0.5, 0.6) is 0 Å². The normalized spacial score (nSPS) is 11.8. The largest absolute Gasteiger partial charge is 0.339 e. The number of sulfonamides is 1. The number of benzene rings is 1. The van der Waals surface area contributed by atoms with E-state index in [0.717, 1.165) is 6.07 Å². The number of aromatic nitrogens is 2. The van der Waals surface area contributed by atoms with Gasteiger partial charge in [-0.15, -0.1) is 0 Å². The Balaban J connectivity index is 2.12. The third kappa shape index (κ3) is 3.83. The van der Waals surface area contributed by atoms with E-state index >= 15 is 0 Å². The van der Waals surface area contributed by atoms with Gasteiger partial charge >= 0.3 is 0 Å². The first-order valence-electron chi connectivity index (χ1n) is 5.73. The molecule has 1 N–H and O–H groups in total. The van der Waals surface area contributed by atoms with Gasteiger partial charge in [-0.25, -0.2) is 21.9 Å². The maximum absolute atomic E-state index is 13.6. The first-order chi connectivity index (χ1) is 9.79. The van der Waals surface area contributed by atoms with E-state index in [-0.39, 0.29) is 23.3 Å². The molecule has 2 aromatic rings. The molecule has 0 unspecified atom stereocenters. The average molecular weight is 382 g/mol. The molecule has 0 aliphatic carbocycles. The van der Waals surface area contributed by atoms with Gasteiger partial charge in [0.05, 0.1) is 0 Å². The maximum atomic E-state index is 13.6. The van der Waals surface area contributed by atoms with Gasteiger partial charge in [-0.2, -0.15) is 4.98 Å². The highest BCUT2D eigenvalue weighted by Crippen LogP contribution is 2.25. The molecule has 0 atom stereocenters. The smallest absolute Gasteiger partial charge is 0.244 e. The van der Waals surface area contributed by atoms with Crippen molar-refractivity contribution in [1.29, 1.82) is 0 Å². The predicted octanol–water partition coefficient (Wildman–Crippen LogP) is 1.94. The van der Waals surface area contributed by atoms with Crippen LogP contribution in [-0.2, 0) is 16.4 Å². The molecule has 0 aliphatic heterocycles. The second-order valence-corrected chi connectivity index (χ2v) is 6.64. The maximum Gasteiger partial charge on any atom is 0.244 e. The topological polar surface area (TPSA) is 85.1 Å². The number of nitrogens with zero attached hydrogens (tertiary/aromatic N) is 2. The molecule has 2 rings (SSSR count). The van der Waals surface area contributed by atoms with Crippen molar-refractivity contribution >= 4 is 26.0 Å². The van der Waals surface area contributed by atoms with Crippen LogP contribution < -0.4 is 4.72 Å². The third-order valence-electron chi connectivity index (χ3n) is 2.43. The minimum absolute atomic E-state index is 0.0623. The average Bonchev–Trinajstić information content (AvgIpc) is 2.72. The van der Waals surface area contributed by atoms with Crippen LogP contribution in [0.25, 0.3) is 0 Å². The van der Waals surface area contributed by atoms with Gasteiger partial charge in [0.1, 0.15) is 16.5 Å². The predicted molar refractivity (Wildman–Crippen MR) is 72.0 cm³/mol. The molecule has 0 spiro atoms. The van der Waals surface area contributed by atoms with Gasteiger partial charge < -0.3 is 4.52 Å². The zero-order valence-corrected chi connectivity index (χ0v) is 13.1. The summed E-state index contributed by atoms with van der Waals surface area (Å²) in [5.74, 6) is -1.36. The first kappa shape index (κ1) is 16.0. The summed E-state index contributed by atoms with van der Waals surface area (Å²) in [6, 6.07) is 1.37. The number of aryl methyl sites for hydroxylation is 1. The van der Waals surface area contributed by atoms with Crippen molar-refractivity contribution in [1.82, 2.24) is 14.9 Å². The monoisotopic (exact) mass is 381 g/mol. The molecule has 21 heavy (non-hydrogen) atoms. The Morgan fingerprint density at radius 2 is 2.10 bits per heavy atom.